The fourth-order valence-corrected chi connectivity index (χ4v) is 1.88. The van der Waals surface area contributed by atoms with Gasteiger partial charge in [0.25, 0.3) is 5.69 Å². The number of methoxy groups -OCH3 is 1. The summed E-state index contributed by atoms with van der Waals surface area (Å²) in [5.41, 5.74) is 1.44. The smallest absolute Gasteiger partial charge is 0.270 e. The van der Waals surface area contributed by atoms with Crippen molar-refractivity contribution in [2.75, 3.05) is 13.7 Å². The first kappa shape index (κ1) is 13.4. The molecule has 1 atom stereocenters. The van der Waals surface area contributed by atoms with Crippen molar-refractivity contribution >= 4 is 16.6 Å². The summed E-state index contributed by atoms with van der Waals surface area (Å²) in [5.74, 6) is 0. The van der Waals surface area contributed by atoms with Crippen molar-refractivity contribution in [3.63, 3.8) is 0 Å². The van der Waals surface area contributed by atoms with Crippen molar-refractivity contribution in [1.29, 1.82) is 0 Å². The van der Waals surface area contributed by atoms with E-state index in [0.29, 0.717) is 17.3 Å². The van der Waals surface area contributed by atoms with Gasteiger partial charge in [0.2, 0.25) is 0 Å². The fourth-order valence-electron chi connectivity index (χ4n) is 1.88. The van der Waals surface area contributed by atoms with E-state index in [9.17, 15) is 15.2 Å². The lowest BCUT2D eigenvalue weighted by atomic mass is 10.1. The van der Waals surface area contributed by atoms with Gasteiger partial charge < -0.3 is 9.84 Å². The zero-order valence-electron chi connectivity index (χ0n) is 10.4. The van der Waals surface area contributed by atoms with E-state index in [4.69, 9.17) is 4.74 Å². The van der Waals surface area contributed by atoms with Crippen LogP contribution in [0.3, 0.4) is 0 Å². The van der Waals surface area contributed by atoms with E-state index in [1.807, 2.05) is 0 Å². The minimum Gasteiger partial charge on any atom is -0.390 e. The first-order chi connectivity index (χ1) is 9.10. The second-order valence-electron chi connectivity index (χ2n) is 4.25. The molecular formula is C13H14N2O4. The molecule has 0 radical (unpaired) electrons. The number of nitro groups is 1. The average molecular weight is 262 g/mol. The maximum atomic E-state index is 10.7. The van der Waals surface area contributed by atoms with E-state index in [2.05, 4.69) is 4.98 Å². The topological polar surface area (TPSA) is 85.5 Å². The number of nitrogens with zero attached hydrogens (tertiary/aromatic N) is 2. The third-order valence-electron chi connectivity index (χ3n) is 2.75. The van der Waals surface area contributed by atoms with Gasteiger partial charge in [-0.05, 0) is 12.1 Å². The van der Waals surface area contributed by atoms with Gasteiger partial charge in [-0.25, -0.2) is 0 Å². The maximum Gasteiger partial charge on any atom is 0.270 e. The largest absolute Gasteiger partial charge is 0.390 e. The molecule has 0 aliphatic carbocycles. The Morgan fingerprint density at radius 1 is 1.42 bits per heavy atom. The Hall–Kier alpha value is -2.05. The van der Waals surface area contributed by atoms with E-state index < -0.39 is 11.0 Å². The number of ether oxygens (including phenoxy) is 1. The van der Waals surface area contributed by atoms with Gasteiger partial charge in [0.05, 0.1) is 23.2 Å². The summed E-state index contributed by atoms with van der Waals surface area (Å²) in [6.45, 7) is 0.250. The summed E-state index contributed by atoms with van der Waals surface area (Å²) in [5, 5.41) is 21.0. The van der Waals surface area contributed by atoms with Crippen LogP contribution in [0.4, 0.5) is 5.69 Å². The fraction of sp³-hybridized carbons (Fsp3) is 0.308. The molecule has 2 rings (SSSR count). The second-order valence-corrected chi connectivity index (χ2v) is 4.25. The number of pyridine rings is 1. The van der Waals surface area contributed by atoms with Crippen LogP contribution in [0.25, 0.3) is 10.9 Å². The second kappa shape index (κ2) is 5.73. The first-order valence-corrected chi connectivity index (χ1v) is 5.81. The third kappa shape index (κ3) is 3.24. The molecule has 0 saturated carbocycles. The highest BCUT2D eigenvalue weighted by Gasteiger charge is 2.09. The number of aromatic nitrogens is 1. The monoisotopic (exact) mass is 262 g/mol. The van der Waals surface area contributed by atoms with Crippen LogP contribution in [0.15, 0.2) is 30.3 Å². The van der Waals surface area contributed by atoms with Crippen LogP contribution < -0.4 is 0 Å². The van der Waals surface area contributed by atoms with Crippen LogP contribution in [-0.4, -0.2) is 34.8 Å². The molecule has 19 heavy (non-hydrogen) atoms. The number of non-ortho nitro benzene ring substituents is 1. The van der Waals surface area contributed by atoms with E-state index in [1.165, 1.54) is 19.2 Å². The zero-order chi connectivity index (χ0) is 13.8. The molecule has 2 aromatic rings. The molecule has 1 aromatic carbocycles. The van der Waals surface area contributed by atoms with Crippen LogP contribution in [-0.2, 0) is 11.2 Å². The van der Waals surface area contributed by atoms with Gasteiger partial charge in [-0.3, -0.25) is 15.1 Å². The molecule has 0 bridgehead atoms. The van der Waals surface area contributed by atoms with Gasteiger partial charge in [-0.2, -0.15) is 0 Å². The van der Waals surface area contributed by atoms with Crippen LogP contribution in [0.1, 0.15) is 5.69 Å². The highest BCUT2D eigenvalue weighted by molar-refractivity contribution is 5.81. The van der Waals surface area contributed by atoms with Crippen molar-refractivity contribution in [1.82, 2.24) is 4.98 Å². The Morgan fingerprint density at radius 3 is 2.89 bits per heavy atom. The van der Waals surface area contributed by atoms with Crippen LogP contribution in [0, 0.1) is 10.1 Å². The number of hydrogen-bond donors (Lipinski definition) is 1. The third-order valence-corrected chi connectivity index (χ3v) is 2.75. The molecule has 0 spiro atoms. The van der Waals surface area contributed by atoms with Crippen molar-refractivity contribution in [3.8, 4) is 0 Å². The Balaban J connectivity index is 2.26. The van der Waals surface area contributed by atoms with Crippen molar-refractivity contribution in [2.45, 2.75) is 12.5 Å². The molecule has 0 saturated heterocycles. The molecule has 1 aromatic heterocycles. The minimum atomic E-state index is -0.604. The molecule has 0 aliphatic rings. The Labute approximate surface area is 109 Å². The molecule has 1 heterocycles. The highest BCUT2D eigenvalue weighted by Crippen LogP contribution is 2.20. The van der Waals surface area contributed by atoms with E-state index in [1.54, 1.807) is 18.2 Å². The summed E-state index contributed by atoms with van der Waals surface area (Å²) in [6, 6.07) is 8.04. The van der Waals surface area contributed by atoms with Gasteiger partial charge in [-0.15, -0.1) is 0 Å². The van der Waals surface area contributed by atoms with Gasteiger partial charge in [0, 0.05) is 36.7 Å². The lowest BCUT2D eigenvalue weighted by molar-refractivity contribution is -0.384. The molecule has 1 N–H and O–H groups in total. The summed E-state index contributed by atoms with van der Waals surface area (Å²) in [6.07, 6.45) is -0.214. The molecule has 6 nitrogen and oxygen atoms in total. The number of aliphatic hydroxyl groups is 1. The van der Waals surface area contributed by atoms with E-state index >= 15 is 0 Å². The van der Waals surface area contributed by atoms with E-state index in [-0.39, 0.29) is 12.3 Å². The normalized spacial score (nSPS) is 12.5. The van der Waals surface area contributed by atoms with E-state index in [0.717, 1.165) is 5.69 Å². The van der Waals surface area contributed by atoms with Crippen molar-refractivity contribution < 1.29 is 14.8 Å². The van der Waals surface area contributed by atoms with Crippen molar-refractivity contribution in [2.24, 2.45) is 0 Å². The average Bonchev–Trinajstić information content (AvgIpc) is 2.38. The molecule has 100 valence electrons. The number of nitro benzene ring substituents is 1. The highest BCUT2D eigenvalue weighted by atomic mass is 16.6. The number of rotatable bonds is 5. The number of aliphatic hydroxyl groups excluding tert-OH is 1. The summed E-state index contributed by atoms with van der Waals surface area (Å²) in [4.78, 5) is 14.6. The molecule has 0 aliphatic heterocycles. The van der Waals surface area contributed by atoms with Crippen LogP contribution in [0.2, 0.25) is 0 Å². The van der Waals surface area contributed by atoms with Gasteiger partial charge >= 0.3 is 0 Å². The predicted molar refractivity (Wildman–Crippen MR) is 70.0 cm³/mol. The maximum absolute atomic E-state index is 10.7. The van der Waals surface area contributed by atoms with Gasteiger partial charge in [0.1, 0.15) is 0 Å². The number of fused-ring (bicyclic) bond motifs is 1. The molecule has 6 heteroatoms. The predicted octanol–water partition coefficient (Wildman–Crippen LogP) is 1.69. The summed E-state index contributed by atoms with van der Waals surface area (Å²) < 4.78 is 4.85. The SMILES string of the molecule is COCC(O)Cc1ccc2cc([N+](=O)[O-])ccc2n1. The minimum absolute atomic E-state index is 0.0430. The molecule has 0 fully saturated rings. The Morgan fingerprint density at radius 2 is 2.21 bits per heavy atom. The Bertz CT molecular complexity index is 600. The Kier molecular flexibility index (Phi) is 4.03. The van der Waals surface area contributed by atoms with Gasteiger partial charge in [-0.1, -0.05) is 6.07 Å². The van der Waals surface area contributed by atoms with Gasteiger partial charge in [0.15, 0.2) is 0 Å². The summed E-state index contributed by atoms with van der Waals surface area (Å²) >= 11 is 0. The molecule has 0 amide bonds. The zero-order valence-corrected chi connectivity index (χ0v) is 10.4. The number of benzene rings is 1. The lowest BCUT2D eigenvalue weighted by Crippen LogP contribution is -2.17. The van der Waals surface area contributed by atoms with Crippen LogP contribution >= 0.6 is 0 Å². The molecule has 1 unspecified atom stereocenters. The number of hydrogen-bond acceptors (Lipinski definition) is 5. The summed E-state index contributed by atoms with van der Waals surface area (Å²) in [7, 11) is 1.52. The standard InChI is InChI=1S/C13H14N2O4/c1-19-8-12(16)7-10-3-2-9-6-11(15(17)18)4-5-13(9)14-10/h2-6,12,16H,7-8H2,1H3. The lowest BCUT2D eigenvalue weighted by Gasteiger charge is -2.09. The first-order valence-electron chi connectivity index (χ1n) is 5.81. The van der Waals surface area contributed by atoms with Crippen LogP contribution in [0.5, 0.6) is 0 Å². The quantitative estimate of drug-likeness (QED) is 0.654. The van der Waals surface area contributed by atoms with Crippen molar-refractivity contribution in [3.05, 3.63) is 46.1 Å². The molecular weight excluding hydrogens is 248 g/mol.